The summed E-state index contributed by atoms with van der Waals surface area (Å²) in [6.07, 6.45) is 0. The summed E-state index contributed by atoms with van der Waals surface area (Å²) in [6.45, 7) is 4.04. The first-order valence-corrected chi connectivity index (χ1v) is 8.14. The normalized spacial score (nSPS) is 13.6. The summed E-state index contributed by atoms with van der Waals surface area (Å²) in [5, 5.41) is 17.4. The quantitative estimate of drug-likeness (QED) is 0.719. The molecule has 1 heterocycles. The molecule has 24 heavy (non-hydrogen) atoms. The third kappa shape index (κ3) is 3.40. The molecule has 0 aliphatic rings. The van der Waals surface area contributed by atoms with E-state index >= 15 is 0 Å². The first kappa shape index (κ1) is 16.4. The Labute approximate surface area is 142 Å². The third-order valence-electron chi connectivity index (χ3n) is 4.21. The highest BCUT2D eigenvalue weighted by Gasteiger charge is 2.23. The van der Waals surface area contributed by atoms with Crippen LogP contribution < -0.4 is 5.32 Å². The standard InChI is InChI=1S/C20H22N2O2/c1-14(21-18(13-23)16-9-5-3-6-10-16)19-15(2)22-24-20(19)17-11-7-4-8-12-17/h3-12,14,18,21,23H,13H2,1-2H3/t14-,18+/m0/s1. The van der Waals surface area contributed by atoms with Gasteiger partial charge >= 0.3 is 0 Å². The van der Waals surface area contributed by atoms with Crippen LogP contribution in [0.15, 0.2) is 65.2 Å². The van der Waals surface area contributed by atoms with Gasteiger partial charge < -0.3 is 14.9 Å². The van der Waals surface area contributed by atoms with Gasteiger partial charge in [-0.25, -0.2) is 0 Å². The Bertz CT molecular complexity index is 769. The van der Waals surface area contributed by atoms with Crippen LogP contribution in [0.25, 0.3) is 11.3 Å². The second kappa shape index (κ2) is 7.43. The molecule has 0 saturated heterocycles. The maximum Gasteiger partial charge on any atom is 0.171 e. The molecule has 124 valence electrons. The van der Waals surface area contributed by atoms with E-state index in [0.717, 1.165) is 28.1 Å². The van der Waals surface area contributed by atoms with Crippen molar-refractivity contribution in [1.29, 1.82) is 0 Å². The predicted octanol–water partition coefficient (Wildman–Crippen LogP) is 4.03. The lowest BCUT2D eigenvalue weighted by Crippen LogP contribution is -2.27. The Kier molecular flexibility index (Phi) is 5.08. The number of aryl methyl sites for hydroxylation is 1. The van der Waals surface area contributed by atoms with Gasteiger partial charge in [0.15, 0.2) is 5.76 Å². The number of benzene rings is 2. The van der Waals surface area contributed by atoms with Crippen molar-refractivity contribution >= 4 is 0 Å². The van der Waals surface area contributed by atoms with E-state index in [0.29, 0.717) is 0 Å². The molecule has 1 aromatic heterocycles. The minimum absolute atomic E-state index is 0.0104. The van der Waals surface area contributed by atoms with Crippen LogP contribution in [0.4, 0.5) is 0 Å². The molecule has 2 atom stereocenters. The van der Waals surface area contributed by atoms with Gasteiger partial charge in [0, 0.05) is 17.2 Å². The molecule has 0 aliphatic heterocycles. The number of hydrogen-bond donors (Lipinski definition) is 2. The molecule has 0 saturated carbocycles. The molecule has 0 spiro atoms. The zero-order valence-corrected chi connectivity index (χ0v) is 13.9. The van der Waals surface area contributed by atoms with E-state index in [1.807, 2.05) is 67.6 Å². The first-order valence-electron chi connectivity index (χ1n) is 8.14. The second-order valence-corrected chi connectivity index (χ2v) is 5.91. The smallest absolute Gasteiger partial charge is 0.171 e. The zero-order valence-electron chi connectivity index (χ0n) is 13.9. The molecule has 2 N–H and O–H groups in total. The largest absolute Gasteiger partial charge is 0.394 e. The van der Waals surface area contributed by atoms with Crippen molar-refractivity contribution in [3.63, 3.8) is 0 Å². The van der Waals surface area contributed by atoms with Gasteiger partial charge in [-0.15, -0.1) is 0 Å². The average Bonchev–Trinajstić information content (AvgIpc) is 3.02. The molecule has 0 amide bonds. The Hall–Kier alpha value is -2.43. The van der Waals surface area contributed by atoms with E-state index < -0.39 is 0 Å². The minimum Gasteiger partial charge on any atom is -0.394 e. The monoisotopic (exact) mass is 322 g/mol. The lowest BCUT2D eigenvalue weighted by Gasteiger charge is -2.22. The van der Waals surface area contributed by atoms with Crippen LogP contribution >= 0.6 is 0 Å². The van der Waals surface area contributed by atoms with Gasteiger partial charge in [0.2, 0.25) is 0 Å². The molecule has 0 fully saturated rings. The van der Waals surface area contributed by atoms with Crippen molar-refractivity contribution in [2.75, 3.05) is 6.61 Å². The fourth-order valence-corrected chi connectivity index (χ4v) is 3.01. The van der Waals surface area contributed by atoms with Gasteiger partial charge in [-0.2, -0.15) is 0 Å². The highest BCUT2D eigenvalue weighted by molar-refractivity contribution is 5.62. The Morgan fingerprint density at radius 2 is 1.67 bits per heavy atom. The van der Waals surface area contributed by atoms with Crippen LogP contribution in [0.3, 0.4) is 0 Å². The molecule has 4 nitrogen and oxygen atoms in total. The van der Waals surface area contributed by atoms with Gasteiger partial charge in [-0.1, -0.05) is 65.8 Å². The van der Waals surface area contributed by atoms with Crippen LogP contribution in [0.1, 0.15) is 35.8 Å². The van der Waals surface area contributed by atoms with Crippen LogP contribution in [-0.4, -0.2) is 16.9 Å². The zero-order chi connectivity index (χ0) is 16.9. The number of aromatic nitrogens is 1. The summed E-state index contributed by atoms with van der Waals surface area (Å²) in [4.78, 5) is 0. The van der Waals surface area contributed by atoms with E-state index in [9.17, 15) is 5.11 Å². The number of nitrogens with one attached hydrogen (secondary N) is 1. The third-order valence-corrected chi connectivity index (χ3v) is 4.21. The summed E-state index contributed by atoms with van der Waals surface area (Å²) >= 11 is 0. The Morgan fingerprint density at radius 3 is 2.29 bits per heavy atom. The van der Waals surface area contributed by atoms with Crippen molar-refractivity contribution < 1.29 is 9.63 Å². The molecule has 0 unspecified atom stereocenters. The summed E-state index contributed by atoms with van der Waals surface area (Å²) in [5.41, 5.74) is 3.94. The topological polar surface area (TPSA) is 58.3 Å². The van der Waals surface area contributed by atoms with E-state index in [1.165, 1.54) is 0 Å². The molecule has 3 rings (SSSR count). The van der Waals surface area contributed by atoms with Crippen molar-refractivity contribution in [3.05, 3.63) is 77.5 Å². The van der Waals surface area contributed by atoms with Gasteiger partial charge in [-0.3, -0.25) is 0 Å². The van der Waals surface area contributed by atoms with Crippen LogP contribution in [0, 0.1) is 6.92 Å². The predicted molar refractivity (Wildman–Crippen MR) is 94.5 cm³/mol. The maximum atomic E-state index is 9.78. The summed E-state index contributed by atoms with van der Waals surface area (Å²) in [5.74, 6) is 0.776. The molecular weight excluding hydrogens is 300 g/mol. The molecule has 3 aromatic rings. The van der Waals surface area contributed by atoms with E-state index in [2.05, 4.69) is 17.4 Å². The molecule has 0 aliphatic carbocycles. The van der Waals surface area contributed by atoms with Crippen molar-refractivity contribution in [1.82, 2.24) is 10.5 Å². The second-order valence-electron chi connectivity index (χ2n) is 5.91. The van der Waals surface area contributed by atoms with Gasteiger partial charge in [0.05, 0.1) is 18.3 Å². The lowest BCUT2D eigenvalue weighted by molar-refractivity contribution is 0.235. The Morgan fingerprint density at radius 1 is 1.04 bits per heavy atom. The number of hydrogen-bond acceptors (Lipinski definition) is 4. The highest BCUT2D eigenvalue weighted by atomic mass is 16.5. The SMILES string of the molecule is Cc1noc(-c2ccccc2)c1[C@H](C)N[C@H](CO)c1ccccc1. The van der Waals surface area contributed by atoms with Gasteiger partial charge in [0.25, 0.3) is 0 Å². The van der Waals surface area contributed by atoms with E-state index in [4.69, 9.17) is 4.52 Å². The molecule has 0 bridgehead atoms. The number of nitrogens with zero attached hydrogens (tertiary/aromatic N) is 1. The molecular formula is C20H22N2O2. The van der Waals surface area contributed by atoms with Gasteiger partial charge in [0.1, 0.15) is 0 Å². The highest BCUT2D eigenvalue weighted by Crippen LogP contribution is 2.32. The minimum atomic E-state index is -0.140. The number of rotatable bonds is 6. The summed E-state index contributed by atoms with van der Waals surface area (Å²) < 4.78 is 5.57. The summed E-state index contributed by atoms with van der Waals surface area (Å²) in [7, 11) is 0. The van der Waals surface area contributed by atoms with Crippen LogP contribution in [-0.2, 0) is 0 Å². The molecule has 4 heteroatoms. The number of aliphatic hydroxyl groups is 1. The molecule has 0 radical (unpaired) electrons. The lowest BCUT2D eigenvalue weighted by atomic mass is 9.99. The number of aliphatic hydroxyl groups excluding tert-OH is 1. The Balaban J connectivity index is 1.88. The van der Waals surface area contributed by atoms with Gasteiger partial charge in [-0.05, 0) is 19.4 Å². The van der Waals surface area contributed by atoms with Crippen molar-refractivity contribution in [2.45, 2.75) is 25.9 Å². The fourth-order valence-electron chi connectivity index (χ4n) is 3.01. The van der Waals surface area contributed by atoms with Crippen LogP contribution in [0.2, 0.25) is 0 Å². The first-order chi connectivity index (χ1) is 11.7. The fraction of sp³-hybridized carbons (Fsp3) is 0.250. The van der Waals surface area contributed by atoms with Crippen molar-refractivity contribution in [3.8, 4) is 11.3 Å². The average molecular weight is 322 g/mol. The van der Waals surface area contributed by atoms with Crippen LogP contribution in [0.5, 0.6) is 0 Å². The van der Waals surface area contributed by atoms with E-state index in [-0.39, 0.29) is 18.7 Å². The summed E-state index contributed by atoms with van der Waals surface area (Å²) in [6, 6.07) is 19.8. The molecule has 2 aromatic carbocycles. The van der Waals surface area contributed by atoms with Crippen molar-refractivity contribution in [2.24, 2.45) is 0 Å². The van der Waals surface area contributed by atoms with E-state index in [1.54, 1.807) is 0 Å². The maximum absolute atomic E-state index is 9.78.